The van der Waals surface area contributed by atoms with Crippen molar-refractivity contribution >= 4 is 55.3 Å². The summed E-state index contributed by atoms with van der Waals surface area (Å²) >= 11 is 7.32. The first-order valence-electron chi connectivity index (χ1n) is 12.8. The minimum absolute atomic E-state index is 0.925. The number of fused-ring (bicyclic) bond motifs is 1. The molecule has 0 heterocycles. The molecule has 0 radical (unpaired) electrons. The maximum Gasteiger partial charge on any atom is 0.0181 e. The molecule has 0 nitrogen and oxygen atoms in total. The summed E-state index contributed by atoms with van der Waals surface area (Å²) in [6.45, 7) is 13.2. The molecule has 0 aliphatic rings. The van der Waals surface area contributed by atoms with Gasteiger partial charge in [0.05, 0.1) is 0 Å². The van der Waals surface area contributed by atoms with Gasteiger partial charge in [-0.1, -0.05) is 129 Å². The molecule has 0 aromatic heterocycles. The minimum Gasteiger partial charge on any atom is -0.0905 e. The molecule has 0 atom stereocenters. The zero-order valence-corrected chi connectivity index (χ0v) is 23.6. The van der Waals surface area contributed by atoms with Crippen LogP contribution in [0.25, 0.3) is 23.4 Å². The van der Waals surface area contributed by atoms with Crippen LogP contribution < -0.4 is 10.4 Å². The van der Waals surface area contributed by atoms with Crippen LogP contribution in [0, 0.1) is 0 Å². The molecule has 0 aliphatic heterocycles. The van der Waals surface area contributed by atoms with E-state index in [1.807, 2.05) is 0 Å². The van der Waals surface area contributed by atoms with Gasteiger partial charge in [-0.3, -0.25) is 0 Å². The monoisotopic (exact) mass is 560 g/mol. The summed E-state index contributed by atoms with van der Waals surface area (Å²) in [6, 6.07) is 6.69. The second-order valence-corrected chi connectivity index (χ2v) is 11.1. The first-order valence-corrected chi connectivity index (χ1v) is 14.4. The first kappa shape index (κ1) is 27.4. The standard InChI is InChI=1S/C30H42Br2/c1-5-7-9-11-13-15-17-27-28(18-16-14-12-10-8-6-2)30-22-25(32)19-20-26(30)24(4)29(27)21-23(3)31/h19-22H,3-18H2,1-2H3/b29-21+. The normalized spacial score (nSPS) is 12.1. The van der Waals surface area contributed by atoms with Crippen molar-refractivity contribution in [2.45, 2.75) is 104 Å². The molecule has 2 aromatic rings. The fraction of sp³-hybridized carbons (Fsp3) is 0.533. The average Bonchev–Trinajstić information content (AvgIpc) is 2.76. The third-order valence-corrected chi connectivity index (χ3v) is 7.23. The lowest BCUT2D eigenvalue weighted by molar-refractivity contribution is 0.599. The summed E-state index contributed by atoms with van der Waals surface area (Å²) in [4.78, 5) is 0. The van der Waals surface area contributed by atoms with Crippen molar-refractivity contribution in [2.24, 2.45) is 0 Å². The third kappa shape index (κ3) is 8.49. The molecular formula is C30H42Br2. The van der Waals surface area contributed by atoms with E-state index in [-0.39, 0.29) is 0 Å². The van der Waals surface area contributed by atoms with Gasteiger partial charge >= 0.3 is 0 Å². The molecule has 176 valence electrons. The molecular weight excluding hydrogens is 520 g/mol. The van der Waals surface area contributed by atoms with E-state index in [0.717, 1.165) is 27.0 Å². The highest BCUT2D eigenvalue weighted by molar-refractivity contribution is 9.12. The van der Waals surface area contributed by atoms with Crippen LogP contribution in [0.15, 0.2) is 33.7 Å². The van der Waals surface area contributed by atoms with Crippen molar-refractivity contribution in [2.75, 3.05) is 0 Å². The number of halogens is 2. The molecule has 2 rings (SSSR count). The summed E-state index contributed by atoms with van der Waals surface area (Å²) in [5.74, 6) is 0. The maximum absolute atomic E-state index is 4.52. The van der Waals surface area contributed by atoms with E-state index in [1.54, 1.807) is 0 Å². The molecule has 32 heavy (non-hydrogen) atoms. The van der Waals surface area contributed by atoms with Gasteiger partial charge in [-0.2, -0.15) is 0 Å². The Kier molecular flexibility index (Phi) is 12.9. The van der Waals surface area contributed by atoms with Gasteiger partial charge in [0.25, 0.3) is 0 Å². The Morgan fingerprint density at radius 3 is 1.88 bits per heavy atom. The van der Waals surface area contributed by atoms with Crippen molar-refractivity contribution in [1.29, 1.82) is 0 Å². The van der Waals surface area contributed by atoms with Crippen molar-refractivity contribution in [1.82, 2.24) is 0 Å². The smallest absolute Gasteiger partial charge is 0.0181 e. The van der Waals surface area contributed by atoms with Crippen LogP contribution in [0.4, 0.5) is 0 Å². The number of hydrogen-bond donors (Lipinski definition) is 0. The summed E-state index contributed by atoms with van der Waals surface area (Å²) in [5.41, 5.74) is 3.04. The second-order valence-electron chi connectivity index (χ2n) is 9.17. The molecule has 0 bridgehead atoms. The largest absolute Gasteiger partial charge is 0.0905 e. The van der Waals surface area contributed by atoms with Gasteiger partial charge < -0.3 is 0 Å². The Labute approximate surface area is 213 Å². The average molecular weight is 562 g/mol. The number of rotatable bonds is 15. The van der Waals surface area contributed by atoms with E-state index >= 15 is 0 Å². The Bertz CT molecular complexity index is 971. The molecule has 0 N–H and O–H groups in total. The van der Waals surface area contributed by atoms with E-state index in [0.29, 0.717) is 0 Å². The quantitative estimate of drug-likeness (QED) is 0.190. The Morgan fingerprint density at radius 1 is 0.781 bits per heavy atom. The van der Waals surface area contributed by atoms with Gasteiger partial charge in [0.15, 0.2) is 0 Å². The highest BCUT2D eigenvalue weighted by Gasteiger charge is 2.13. The van der Waals surface area contributed by atoms with Gasteiger partial charge in [0.1, 0.15) is 0 Å². The molecule has 0 spiro atoms. The molecule has 0 aliphatic carbocycles. The number of unbranched alkanes of at least 4 members (excludes halogenated alkanes) is 10. The van der Waals surface area contributed by atoms with Crippen LogP contribution in [0.3, 0.4) is 0 Å². The Balaban J connectivity index is 2.41. The maximum atomic E-state index is 4.52. The minimum atomic E-state index is 0.925. The third-order valence-electron chi connectivity index (χ3n) is 6.51. The van der Waals surface area contributed by atoms with Crippen LogP contribution in [-0.4, -0.2) is 0 Å². The topological polar surface area (TPSA) is 0 Å². The van der Waals surface area contributed by atoms with Gasteiger partial charge in [-0.25, -0.2) is 0 Å². The van der Waals surface area contributed by atoms with Crippen molar-refractivity contribution in [3.63, 3.8) is 0 Å². The Hall–Kier alpha value is -0.860. The molecule has 0 amide bonds. The van der Waals surface area contributed by atoms with E-state index < -0.39 is 0 Å². The number of allylic oxidation sites excluding steroid dienone is 1. The lowest BCUT2D eigenvalue weighted by Crippen LogP contribution is -2.30. The fourth-order valence-corrected chi connectivity index (χ4v) is 5.34. The van der Waals surface area contributed by atoms with Crippen LogP contribution >= 0.6 is 31.9 Å². The van der Waals surface area contributed by atoms with Crippen molar-refractivity contribution < 1.29 is 0 Å². The van der Waals surface area contributed by atoms with Gasteiger partial charge in [0.2, 0.25) is 0 Å². The van der Waals surface area contributed by atoms with E-state index in [9.17, 15) is 0 Å². The summed E-state index contributed by atoms with van der Waals surface area (Å²) in [5, 5.41) is 5.09. The number of benzene rings is 2. The van der Waals surface area contributed by atoms with Gasteiger partial charge in [-0.15, -0.1) is 0 Å². The lowest BCUT2D eigenvalue weighted by Gasteiger charge is -2.17. The fourth-order valence-electron chi connectivity index (χ4n) is 4.75. The molecule has 2 aromatic carbocycles. The molecule has 0 saturated carbocycles. The first-order chi connectivity index (χ1) is 15.5. The predicted octanol–water partition coefficient (Wildman–Crippen LogP) is 9.51. The van der Waals surface area contributed by atoms with E-state index in [4.69, 9.17) is 0 Å². The van der Waals surface area contributed by atoms with Crippen LogP contribution in [0.5, 0.6) is 0 Å². The van der Waals surface area contributed by atoms with Crippen LogP contribution in [0.1, 0.15) is 102 Å². The highest BCUT2D eigenvalue weighted by Crippen LogP contribution is 2.26. The van der Waals surface area contributed by atoms with Crippen molar-refractivity contribution in [3.8, 4) is 0 Å². The van der Waals surface area contributed by atoms with Gasteiger partial charge in [-0.05, 0) is 76.2 Å². The SMILES string of the molecule is C=C(Br)/C=c1/c(CCCCCCCC)c(CCCCCCCC)c2cc(Br)ccc2c1=C. The second kappa shape index (κ2) is 15.1. The molecule has 0 saturated heterocycles. The van der Waals surface area contributed by atoms with Crippen LogP contribution in [0.2, 0.25) is 0 Å². The van der Waals surface area contributed by atoms with E-state index in [1.165, 1.54) is 104 Å². The zero-order valence-electron chi connectivity index (χ0n) is 20.4. The predicted molar refractivity (Wildman–Crippen MR) is 153 cm³/mol. The highest BCUT2D eigenvalue weighted by atomic mass is 79.9. The van der Waals surface area contributed by atoms with Crippen LogP contribution in [-0.2, 0) is 12.8 Å². The molecule has 0 fully saturated rings. The number of hydrogen-bond acceptors (Lipinski definition) is 0. The van der Waals surface area contributed by atoms with Crippen molar-refractivity contribution in [3.05, 3.63) is 55.3 Å². The van der Waals surface area contributed by atoms with Gasteiger partial charge in [0, 0.05) is 8.96 Å². The summed E-state index contributed by atoms with van der Waals surface area (Å²) in [7, 11) is 0. The zero-order chi connectivity index (χ0) is 23.3. The lowest BCUT2D eigenvalue weighted by atomic mass is 9.88. The Morgan fingerprint density at radius 2 is 1.31 bits per heavy atom. The number of aryl methyl sites for hydroxylation is 1. The summed E-state index contributed by atoms with van der Waals surface area (Å²) < 4.78 is 2.08. The summed E-state index contributed by atoms with van der Waals surface area (Å²) in [6.07, 6.45) is 20.4. The molecule has 0 unspecified atom stereocenters. The molecule has 2 heteroatoms. The van der Waals surface area contributed by atoms with E-state index in [2.05, 4.69) is 83.1 Å².